The van der Waals surface area contributed by atoms with E-state index in [2.05, 4.69) is 60.3 Å². The van der Waals surface area contributed by atoms with Crippen molar-refractivity contribution in [3.05, 3.63) is 51.1 Å². The van der Waals surface area contributed by atoms with Crippen LogP contribution in [0.5, 0.6) is 0 Å². The van der Waals surface area contributed by atoms with Crippen LogP contribution in [0.1, 0.15) is 49.3 Å². The number of morpholine rings is 1. The molecule has 1 fully saturated rings. The lowest BCUT2D eigenvalue weighted by molar-refractivity contribution is -0.934. The summed E-state index contributed by atoms with van der Waals surface area (Å²) in [6.45, 7) is 13.2. The van der Waals surface area contributed by atoms with Crippen LogP contribution in [0.3, 0.4) is 0 Å². The molecule has 29 heavy (non-hydrogen) atoms. The summed E-state index contributed by atoms with van der Waals surface area (Å²) in [5.41, 5.74) is 3.44. The van der Waals surface area contributed by atoms with Crippen LogP contribution in [0.15, 0.2) is 23.0 Å². The SMILES string of the molecule is Cc1cc(C)c2[nH]c(=O)c([C@@H](c3nnnn3C(C)(C)C)[NH+]3CCOCC3)cc2c1. The topological polar surface area (TPSA) is 90.1 Å². The van der Waals surface area contributed by atoms with Gasteiger partial charge in [-0.25, -0.2) is 4.68 Å². The molecule has 1 saturated heterocycles. The number of pyridine rings is 1. The van der Waals surface area contributed by atoms with Gasteiger partial charge in [0.15, 0.2) is 6.04 Å². The average molecular weight is 398 g/mol. The van der Waals surface area contributed by atoms with Gasteiger partial charge in [0.25, 0.3) is 5.56 Å². The van der Waals surface area contributed by atoms with Crippen molar-refractivity contribution in [3.63, 3.8) is 0 Å². The van der Waals surface area contributed by atoms with Crippen molar-refractivity contribution in [1.29, 1.82) is 0 Å². The summed E-state index contributed by atoms with van der Waals surface area (Å²) in [6, 6.07) is 5.95. The normalized spacial score (nSPS) is 17.0. The molecule has 1 aliphatic rings. The Labute approximate surface area is 169 Å². The largest absolute Gasteiger partial charge is 0.370 e. The molecule has 0 unspecified atom stereocenters. The summed E-state index contributed by atoms with van der Waals surface area (Å²) in [6.07, 6.45) is 0. The second-order valence-electron chi connectivity index (χ2n) is 8.92. The number of nitrogens with zero attached hydrogens (tertiary/aromatic N) is 4. The molecule has 0 bridgehead atoms. The van der Waals surface area contributed by atoms with Gasteiger partial charge in [-0.1, -0.05) is 11.6 Å². The number of quaternary nitrogens is 1. The number of aromatic amines is 1. The Balaban J connectivity index is 1.94. The maximum atomic E-state index is 13.2. The minimum atomic E-state index is -0.292. The molecule has 2 aromatic heterocycles. The average Bonchev–Trinajstić information content (AvgIpc) is 3.14. The van der Waals surface area contributed by atoms with E-state index >= 15 is 0 Å². The molecule has 1 atom stereocenters. The number of ether oxygens (including phenoxy) is 1. The number of hydrogen-bond donors (Lipinski definition) is 2. The third-order valence-electron chi connectivity index (χ3n) is 5.56. The van der Waals surface area contributed by atoms with E-state index in [0.717, 1.165) is 29.6 Å². The van der Waals surface area contributed by atoms with E-state index in [4.69, 9.17) is 4.74 Å². The van der Waals surface area contributed by atoms with Crippen LogP contribution in [0.2, 0.25) is 0 Å². The third kappa shape index (κ3) is 3.70. The Morgan fingerprint density at radius 3 is 2.59 bits per heavy atom. The fourth-order valence-corrected chi connectivity index (χ4v) is 4.23. The third-order valence-corrected chi connectivity index (χ3v) is 5.56. The number of fused-ring (bicyclic) bond motifs is 1. The van der Waals surface area contributed by atoms with Gasteiger partial charge in [0.2, 0.25) is 5.82 Å². The molecular weight excluding hydrogens is 368 g/mol. The molecular formula is C21H29N6O2+. The van der Waals surface area contributed by atoms with E-state index in [9.17, 15) is 4.79 Å². The minimum absolute atomic E-state index is 0.0862. The number of rotatable bonds is 3. The number of nitrogens with one attached hydrogen (secondary N) is 2. The summed E-state index contributed by atoms with van der Waals surface area (Å²) >= 11 is 0. The van der Waals surface area contributed by atoms with E-state index in [1.54, 1.807) is 0 Å². The number of aromatic nitrogens is 5. The van der Waals surface area contributed by atoms with Crippen molar-refractivity contribution in [2.45, 2.75) is 46.2 Å². The van der Waals surface area contributed by atoms with Crippen molar-refractivity contribution in [3.8, 4) is 0 Å². The van der Waals surface area contributed by atoms with Gasteiger partial charge >= 0.3 is 0 Å². The molecule has 8 heteroatoms. The molecule has 1 aliphatic heterocycles. The zero-order chi connectivity index (χ0) is 20.8. The van der Waals surface area contributed by atoms with Crippen molar-refractivity contribution >= 4 is 10.9 Å². The predicted molar refractivity (Wildman–Crippen MR) is 110 cm³/mol. The molecule has 8 nitrogen and oxygen atoms in total. The van der Waals surface area contributed by atoms with Gasteiger partial charge in [-0.15, -0.1) is 5.10 Å². The number of hydrogen-bond acceptors (Lipinski definition) is 5. The number of H-pyrrole nitrogens is 1. The van der Waals surface area contributed by atoms with Crippen molar-refractivity contribution in [2.75, 3.05) is 26.3 Å². The van der Waals surface area contributed by atoms with Crippen LogP contribution in [-0.4, -0.2) is 51.5 Å². The molecule has 3 heterocycles. The van der Waals surface area contributed by atoms with Crippen LogP contribution >= 0.6 is 0 Å². The van der Waals surface area contributed by atoms with Gasteiger partial charge in [0.05, 0.1) is 29.8 Å². The van der Waals surface area contributed by atoms with E-state index in [1.165, 1.54) is 10.5 Å². The number of aryl methyl sites for hydroxylation is 2. The van der Waals surface area contributed by atoms with Gasteiger partial charge < -0.3 is 14.6 Å². The molecule has 4 rings (SSSR count). The minimum Gasteiger partial charge on any atom is -0.370 e. The molecule has 0 spiro atoms. The maximum Gasteiger partial charge on any atom is 0.258 e. The van der Waals surface area contributed by atoms with Crippen LogP contribution in [0.25, 0.3) is 10.9 Å². The van der Waals surface area contributed by atoms with E-state index in [1.807, 2.05) is 17.7 Å². The summed E-state index contributed by atoms with van der Waals surface area (Å²) in [5, 5.41) is 13.6. The molecule has 0 amide bonds. The highest BCUT2D eigenvalue weighted by Gasteiger charge is 2.37. The highest BCUT2D eigenvalue weighted by Crippen LogP contribution is 2.24. The van der Waals surface area contributed by atoms with Crippen LogP contribution in [-0.2, 0) is 10.3 Å². The zero-order valence-corrected chi connectivity index (χ0v) is 17.7. The summed E-state index contributed by atoms with van der Waals surface area (Å²) < 4.78 is 7.41. The molecule has 0 radical (unpaired) electrons. The summed E-state index contributed by atoms with van der Waals surface area (Å²) in [5.74, 6) is 0.712. The lowest BCUT2D eigenvalue weighted by atomic mass is 9.99. The Morgan fingerprint density at radius 1 is 1.17 bits per heavy atom. The first-order valence-electron chi connectivity index (χ1n) is 10.1. The second kappa shape index (κ2) is 7.35. The fourth-order valence-electron chi connectivity index (χ4n) is 4.23. The molecule has 154 valence electrons. The first kappa shape index (κ1) is 19.7. The summed E-state index contributed by atoms with van der Waals surface area (Å²) in [4.78, 5) is 17.6. The summed E-state index contributed by atoms with van der Waals surface area (Å²) in [7, 11) is 0. The van der Waals surface area contributed by atoms with Gasteiger partial charge in [-0.2, -0.15) is 0 Å². The Morgan fingerprint density at radius 2 is 1.90 bits per heavy atom. The lowest BCUT2D eigenvalue weighted by Crippen LogP contribution is -3.14. The van der Waals surface area contributed by atoms with Crippen molar-refractivity contribution in [2.24, 2.45) is 0 Å². The van der Waals surface area contributed by atoms with Crippen molar-refractivity contribution < 1.29 is 9.64 Å². The fraction of sp³-hybridized carbons (Fsp3) is 0.524. The Bertz CT molecular complexity index is 1090. The van der Waals surface area contributed by atoms with Crippen molar-refractivity contribution in [1.82, 2.24) is 25.2 Å². The monoisotopic (exact) mass is 397 g/mol. The molecule has 3 aromatic rings. The van der Waals surface area contributed by atoms with E-state index in [-0.39, 0.29) is 17.1 Å². The Kier molecular flexibility index (Phi) is 5.00. The molecule has 0 saturated carbocycles. The second-order valence-corrected chi connectivity index (χ2v) is 8.92. The predicted octanol–water partition coefficient (Wildman–Crippen LogP) is 0.891. The smallest absolute Gasteiger partial charge is 0.258 e. The van der Waals surface area contributed by atoms with E-state index < -0.39 is 0 Å². The first-order valence-corrected chi connectivity index (χ1v) is 10.1. The van der Waals surface area contributed by atoms with Crippen LogP contribution < -0.4 is 10.5 Å². The molecule has 1 aromatic carbocycles. The maximum absolute atomic E-state index is 13.2. The number of benzene rings is 1. The van der Waals surface area contributed by atoms with Gasteiger partial charge in [0, 0.05) is 0 Å². The highest BCUT2D eigenvalue weighted by molar-refractivity contribution is 5.83. The Hall–Kier alpha value is -2.58. The highest BCUT2D eigenvalue weighted by atomic mass is 16.5. The quantitative estimate of drug-likeness (QED) is 0.685. The molecule has 0 aliphatic carbocycles. The molecule has 2 N–H and O–H groups in total. The van der Waals surface area contributed by atoms with Crippen LogP contribution in [0.4, 0.5) is 0 Å². The first-order chi connectivity index (χ1) is 13.8. The van der Waals surface area contributed by atoms with E-state index in [0.29, 0.717) is 24.6 Å². The lowest BCUT2D eigenvalue weighted by Gasteiger charge is -2.32. The van der Waals surface area contributed by atoms with Gasteiger partial charge in [-0.3, -0.25) is 4.79 Å². The standard InChI is InChI=1S/C21H28N6O2/c1-13-10-14(2)17-15(11-13)12-16(20(28)22-17)18(26-6-8-29-9-7-26)19-23-24-25-27(19)21(3,4)5/h10-12,18H,6-9H2,1-5H3,(H,22,28)/p+1/t18-/m0/s1. The number of tetrazole rings is 1. The van der Waals surface area contributed by atoms with Gasteiger partial charge in [0.1, 0.15) is 13.1 Å². The van der Waals surface area contributed by atoms with Gasteiger partial charge in [-0.05, 0) is 68.1 Å². The van der Waals surface area contributed by atoms with Crippen LogP contribution in [0, 0.1) is 13.8 Å². The zero-order valence-electron chi connectivity index (χ0n) is 17.7.